The predicted molar refractivity (Wildman–Crippen MR) is 89.6 cm³/mol. The molecule has 3 rings (SSSR count). The Morgan fingerprint density at radius 2 is 2.04 bits per heavy atom. The molecule has 0 bridgehead atoms. The number of likely N-dealkylation sites (tertiary alicyclic amines) is 1. The number of sulfone groups is 1. The molecule has 0 spiro atoms. The van der Waals surface area contributed by atoms with Crippen LogP contribution in [0.3, 0.4) is 0 Å². The summed E-state index contributed by atoms with van der Waals surface area (Å²) in [5.41, 5.74) is 0.597. The lowest BCUT2D eigenvalue weighted by molar-refractivity contribution is 0.0897. The van der Waals surface area contributed by atoms with E-state index < -0.39 is 9.84 Å². The molecule has 1 aromatic heterocycles. The number of carbonyl (C=O) groups excluding carboxylic acids is 1. The quantitative estimate of drug-likeness (QED) is 0.810. The van der Waals surface area contributed by atoms with Crippen molar-refractivity contribution in [2.24, 2.45) is 11.8 Å². The van der Waals surface area contributed by atoms with Gasteiger partial charge in [-0.3, -0.25) is 9.69 Å². The topological polar surface area (TPSA) is 92.5 Å². The van der Waals surface area contributed by atoms with Gasteiger partial charge in [0, 0.05) is 38.9 Å². The highest BCUT2D eigenvalue weighted by Gasteiger charge is 2.43. The van der Waals surface area contributed by atoms with Crippen molar-refractivity contribution in [2.75, 3.05) is 31.6 Å². The van der Waals surface area contributed by atoms with Crippen LogP contribution in [0.1, 0.15) is 35.0 Å². The van der Waals surface area contributed by atoms with Crippen LogP contribution in [0.25, 0.3) is 0 Å². The van der Waals surface area contributed by atoms with Crippen molar-refractivity contribution >= 4 is 15.7 Å². The summed E-state index contributed by atoms with van der Waals surface area (Å²) < 4.78 is 28.2. The molecule has 8 heteroatoms. The highest BCUT2D eigenvalue weighted by atomic mass is 32.2. The number of rotatable bonds is 6. The molecule has 2 atom stereocenters. The third-order valence-corrected chi connectivity index (χ3v) is 5.80. The van der Waals surface area contributed by atoms with Crippen LogP contribution >= 0.6 is 0 Å². The summed E-state index contributed by atoms with van der Waals surface area (Å²) in [7, 11) is -2.97. The molecule has 1 saturated heterocycles. The van der Waals surface area contributed by atoms with Crippen molar-refractivity contribution < 1.29 is 17.6 Å². The van der Waals surface area contributed by atoms with Gasteiger partial charge in [-0.25, -0.2) is 13.4 Å². The third kappa shape index (κ3) is 4.16. The highest BCUT2D eigenvalue weighted by molar-refractivity contribution is 7.90. The van der Waals surface area contributed by atoms with Crippen LogP contribution in [0.5, 0.6) is 0 Å². The van der Waals surface area contributed by atoms with Gasteiger partial charge in [0.2, 0.25) is 5.76 Å². The Balaban J connectivity index is 1.64. The molecule has 2 heterocycles. The van der Waals surface area contributed by atoms with Crippen molar-refractivity contribution in [3.05, 3.63) is 17.3 Å². The molecule has 1 aliphatic heterocycles. The Morgan fingerprint density at radius 1 is 1.33 bits per heavy atom. The summed E-state index contributed by atoms with van der Waals surface area (Å²) in [5.74, 6) is 1.71. The number of aromatic nitrogens is 1. The van der Waals surface area contributed by atoms with Gasteiger partial charge >= 0.3 is 0 Å². The first-order valence-electron chi connectivity index (χ1n) is 8.38. The number of oxazole rings is 1. The molecule has 7 nitrogen and oxygen atoms in total. The smallest absolute Gasteiger partial charge is 0.289 e. The predicted octanol–water partition coefficient (Wildman–Crippen LogP) is 0.776. The van der Waals surface area contributed by atoms with E-state index in [2.05, 4.69) is 15.2 Å². The highest BCUT2D eigenvalue weighted by Crippen LogP contribution is 2.41. The van der Waals surface area contributed by atoms with E-state index in [9.17, 15) is 13.2 Å². The number of nitrogens with zero attached hydrogens (tertiary/aromatic N) is 2. The Morgan fingerprint density at radius 3 is 2.58 bits per heavy atom. The Kier molecular flexibility index (Phi) is 4.70. The fourth-order valence-electron chi connectivity index (χ4n) is 3.52. The zero-order chi connectivity index (χ0) is 17.5. The first-order valence-corrected chi connectivity index (χ1v) is 10.4. The van der Waals surface area contributed by atoms with Crippen molar-refractivity contribution in [3.63, 3.8) is 0 Å². The normalized spacial score (nSPS) is 25.1. The van der Waals surface area contributed by atoms with E-state index in [1.54, 1.807) is 13.8 Å². The second kappa shape index (κ2) is 6.48. The molecule has 1 N–H and O–H groups in total. The maximum atomic E-state index is 12.5. The van der Waals surface area contributed by atoms with E-state index in [0.29, 0.717) is 36.5 Å². The van der Waals surface area contributed by atoms with Crippen LogP contribution in [-0.2, 0) is 9.84 Å². The number of aryl methyl sites for hydroxylation is 2. The van der Waals surface area contributed by atoms with Gasteiger partial charge in [0.1, 0.15) is 9.84 Å². The fraction of sp³-hybridized carbons (Fsp3) is 0.750. The number of amides is 1. The van der Waals surface area contributed by atoms with E-state index in [4.69, 9.17) is 4.42 Å². The molecule has 0 aromatic carbocycles. The molecule has 24 heavy (non-hydrogen) atoms. The lowest BCUT2D eigenvalue weighted by atomic mass is 9.98. The van der Waals surface area contributed by atoms with Crippen LogP contribution in [-0.4, -0.2) is 61.9 Å². The SMILES string of the molecule is Cc1nc(C)c(C(=O)N[C@@H]2CN(CCS(C)(=O)=O)C[C@H]2C2CC2)o1. The lowest BCUT2D eigenvalue weighted by Gasteiger charge is -2.18. The zero-order valence-corrected chi connectivity index (χ0v) is 15.2. The maximum absolute atomic E-state index is 12.5. The van der Waals surface area contributed by atoms with Gasteiger partial charge in [0.15, 0.2) is 5.89 Å². The molecule has 1 amide bonds. The molecule has 1 aliphatic carbocycles. The minimum absolute atomic E-state index is 0.0365. The molecule has 1 saturated carbocycles. The molecular formula is C16H25N3O4S. The van der Waals surface area contributed by atoms with E-state index in [-0.39, 0.29) is 23.5 Å². The Bertz CT molecular complexity index is 724. The number of carbonyl (C=O) groups is 1. The second-order valence-corrected chi connectivity index (χ2v) is 9.38. The van der Waals surface area contributed by atoms with Gasteiger partial charge in [-0.2, -0.15) is 0 Å². The summed E-state index contributed by atoms with van der Waals surface area (Å²) >= 11 is 0. The standard InChI is InChI=1S/C16H25N3O4S/c1-10-15(23-11(2)17-10)16(20)18-14-9-19(6-7-24(3,21)22)8-13(14)12-4-5-12/h12-14H,4-9H2,1-3H3,(H,18,20)/t13-,14+/m0/s1. The summed E-state index contributed by atoms with van der Waals surface area (Å²) in [4.78, 5) is 18.8. The average molecular weight is 355 g/mol. The van der Waals surface area contributed by atoms with Gasteiger partial charge in [-0.1, -0.05) is 0 Å². The van der Waals surface area contributed by atoms with E-state index in [1.165, 1.54) is 19.1 Å². The molecule has 0 unspecified atom stereocenters. The lowest BCUT2D eigenvalue weighted by Crippen LogP contribution is -2.41. The second-order valence-electron chi connectivity index (χ2n) is 7.12. The zero-order valence-electron chi connectivity index (χ0n) is 14.4. The fourth-order valence-corrected chi connectivity index (χ4v) is 4.11. The molecule has 134 valence electrons. The van der Waals surface area contributed by atoms with Crippen molar-refractivity contribution in [1.82, 2.24) is 15.2 Å². The van der Waals surface area contributed by atoms with Gasteiger partial charge in [0.25, 0.3) is 5.91 Å². The first kappa shape index (κ1) is 17.4. The van der Waals surface area contributed by atoms with Crippen molar-refractivity contribution in [2.45, 2.75) is 32.7 Å². The van der Waals surface area contributed by atoms with E-state index in [1.807, 2.05) is 0 Å². The number of hydrogen-bond acceptors (Lipinski definition) is 6. The summed E-state index contributed by atoms with van der Waals surface area (Å²) in [6.45, 7) is 5.54. The maximum Gasteiger partial charge on any atom is 0.289 e. The monoisotopic (exact) mass is 355 g/mol. The largest absolute Gasteiger partial charge is 0.436 e. The number of hydrogen-bond donors (Lipinski definition) is 1. The number of nitrogens with one attached hydrogen (secondary N) is 1. The van der Waals surface area contributed by atoms with Crippen molar-refractivity contribution in [3.8, 4) is 0 Å². The molecule has 0 radical (unpaired) electrons. The third-order valence-electron chi connectivity index (χ3n) is 4.87. The molecule has 2 aliphatic rings. The van der Waals surface area contributed by atoms with Crippen LogP contribution in [0.15, 0.2) is 4.42 Å². The van der Waals surface area contributed by atoms with Crippen LogP contribution in [0.4, 0.5) is 0 Å². The Hall–Kier alpha value is -1.41. The van der Waals surface area contributed by atoms with Crippen molar-refractivity contribution in [1.29, 1.82) is 0 Å². The van der Waals surface area contributed by atoms with Crippen LogP contribution in [0.2, 0.25) is 0 Å². The minimum Gasteiger partial charge on any atom is -0.436 e. The minimum atomic E-state index is -2.97. The molecule has 1 aromatic rings. The van der Waals surface area contributed by atoms with Crippen LogP contribution in [0, 0.1) is 25.7 Å². The summed E-state index contributed by atoms with van der Waals surface area (Å²) in [6.07, 6.45) is 3.64. The molecular weight excluding hydrogens is 330 g/mol. The van der Waals surface area contributed by atoms with Gasteiger partial charge in [0.05, 0.1) is 11.4 Å². The Labute approximate surface area is 142 Å². The van der Waals surface area contributed by atoms with E-state index >= 15 is 0 Å². The molecule has 2 fully saturated rings. The van der Waals surface area contributed by atoms with Gasteiger partial charge in [-0.05, 0) is 31.6 Å². The van der Waals surface area contributed by atoms with E-state index in [0.717, 1.165) is 6.54 Å². The summed E-state index contributed by atoms with van der Waals surface area (Å²) in [5, 5.41) is 3.08. The summed E-state index contributed by atoms with van der Waals surface area (Å²) in [6, 6.07) is 0.0365. The van der Waals surface area contributed by atoms with Gasteiger partial charge in [-0.15, -0.1) is 0 Å². The van der Waals surface area contributed by atoms with Crippen LogP contribution < -0.4 is 5.32 Å². The average Bonchev–Trinajstić information content (AvgIpc) is 3.15. The first-order chi connectivity index (χ1) is 11.2. The van der Waals surface area contributed by atoms with Gasteiger partial charge < -0.3 is 9.73 Å².